The standard InChI is InChI=1S/C21H21FN2O3S/c1-15-2-9-20(10-3-15)28(25,26)24-18(12-19-13-23-14-27-19)8-11-21(24)16-4-6-17(22)7-5-16/h2-7,9-10,13-14,18,21H,8,11-12H2,1H3. The van der Waals surface area contributed by atoms with Crippen molar-refractivity contribution in [2.24, 2.45) is 0 Å². The molecule has 2 unspecified atom stereocenters. The molecule has 146 valence electrons. The SMILES string of the molecule is Cc1ccc(S(=O)(=O)N2C(Cc3cnco3)CCC2c2ccc(F)cc2)cc1. The Bertz CT molecular complexity index is 1030. The summed E-state index contributed by atoms with van der Waals surface area (Å²) in [5.41, 5.74) is 1.78. The first-order chi connectivity index (χ1) is 13.4. The molecule has 2 aromatic carbocycles. The second kappa shape index (κ2) is 7.48. The molecule has 0 aliphatic carbocycles. The molecule has 0 bridgehead atoms. The van der Waals surface area contributed by atoms with Gasteiger partial charge in [-0.25, -0.2) is 17.8 Å². The fourth-order valence-electron chi connectivity index (χ4n) is 3.82. The molecule has 1 aliphatic rings. The minimum Gasteiger partial charge on any atom is -0.448 e. The van der Waals surface area contributed by atoms with Crippen LogP contribution in [0.15, 0.2) is 70.4 Å². The summed E-state index contributed by atoms with van der Waals surface area (Å²) in [5, 5.41) is 0. The van der Waals surface area contributed by atoms with Crippen LogP contribution in [0.25, 0.3) is 0 Å². The van der Waals surface area contributed by atoms with Gasteiger partial charge in [0.25, 0.3) is 0 Å². The molecule has 4 rings (SSSR count). The van der Waals surface area contributed by atoms with Crippen LogP contribution in [0.5, 0.6) is 0 Å². The van der Waals surface area contributed by atoms with Crippen molar-refractivity contribution in [2.75, 3.05) is 0 Å². The molecule has 0 saturated carbocycles. The van der Waals surface area contributed by atoms with E-state index in [2.05, 4.69) is 4.98 Å². The third-order valence-corrected chi connectivity index (χ3v) is 7.19. The minimum absolute atomic E-state index is 0.255. The first kappa shape index (κ1) is 18.8. The number of oxazole rings is 1. The van der Waals surface area contributed by atoms with Crippen LogP contribution in [-0.4, -0.2) is 23.7 Å². The summed E-state index contributed by atoms with van der Waals surface area (Å²) in [7, 11) is -3.74. The maximum atomic E-state index is 13.5. The molecule has 7 heteroatoms. The smallest absolute Gasteiger partial charge is 0.243 e. The number of hydrogen-bond acceptors (Lipinski definition) is 4. The van der Waals surface area contributed by atoms with Crippen LogP contribution in [0.3, 0.4) is 0 Å². The lowest BCUT2D eigenvalue weighted by atomic mass is 10.1. The third-order valence-electron chi connectivity index (χ3n) is 5.21. The van der Waals surface area contributed by atoms with Gasteiger partial charge in [0.05, 0.1) is 17.1 Å². The predicted molar refractivity (Wildman–Crippen MR) is 103 cm³/mol. The van der Waals surface area contributed by atoms with Gasteiger partial charge in [-0.3, -0.25) is 0 Å². The second-order valence-corrected chi connectivity index (χ2v) is 8.96. The molecule has 0 spiro atoms. The van der Waals surface area contributed by atoms with Gasteiger partial charge in [-0.2, -0.15) is 4.31 Å². The van der Waals surface area contributed by atoms with Crippen molar-refractivity contribution in [3.8, 4) is 0 Å². The van der Waals surface area contributed by atoms with E-state index < -0.39 is 10.0 Å². The van der Waals surface area contributed by atoms with Crippen molar-refractivity contribution < 1.29 is 17.2 Å². The summed E-state index contributed by atoms with van der Waals surface area (Å²) in [5.74, 6) is 0.307. The summed E-state index contributed by atoms with van der Waals surface area (Å²) in [6, 6.07) is 12.3. The molecule has 1 fully saturated rings. The van der Waals surface area contributed by atoms with Gasteiger partial charge in [0.2, 0.25) is 10.0 Å². The highest BCUT2D eigenvalue weighted by Crippen LogP contribution is 2.41. The van der Waals surface area contributed by atoms with Crippen LogP contribution in [-0.2, 0) is 16.4 Å². The molecule has 5 nitrogen and oxygen atoms in total. The molecule has 0 amide bonds. The molecule has 2 atom stereocenters. The summed E-state index contributed by atoms with van der Waals surface area (Å²) < 4.78 is 47.4. The van der Waals surface area contributed by atoms with Gasteiger partial charge in [0.1, 0.15) is 11.6 Å². The Morgan fingerprint density at radius 1 is 1.11 bits per heavy atom. The lowest BCUT2D eigenvalue weighted by Crippen LogP contribution is -2.38. The number of aryl methyl sites for hydroxylation is 1. The number of aromatic nitrogens is 1. The Morgan fingerprint density at radius 3 is 2.46 bits per heavy atom. The van der Waals surface area contributed by atoms with E-state index in [1.807, 2.05) is 6.92 Å². The first-order valence-corrected chi connectivity index (χ1v) is 10.6. The van der Waals surface area contributed by atoms with Crippen LogP contribution in [0, 0.1) is 12.7 Å². The number of halogens is 1. The summed E-state index contributed by atoms with van der Waals surface area (Å²) in [6.45, 7) is 1.92. The monoisotopic (exact) mass is 400 g/mol. The highest BCUT2D eigenvalue weighted by atomic mass is 32.2. The number of rotatable bonds is 5. The van der Waals surface area contributed by atoms with E-state index in [1.165, 1.54) is 18.5 Å². The number of hydrogen-bond donors (Lipinski definition) is 0. The topological polar surface area (TPSA) is 63.4 Å². The fourth-order valence-corrected chi connectivity index (χ4v) is 5.68. The van der Waals surface area contributed by atoms with Gasteiger partial charge in [0, 0.05) is 12.5 Å². The van der Waals surface area contributed by atoms with Gasteiger partial charge in [-0.05, 0) is 49.6 Å². The summed E-state index contributed by atoms with van der Waals surface area (Å²) in [6.07, 6.45) is 4.76. The highest BCUT2D eigenvalue weighted by molar-refractivity contribution is 7.89. The van der Waals surface area contributed by atoms with E-state index >= 15 is 0 Å². The Kier molecular flexibility index (Phi) is 5.03. The summed E-state index contributed by atoms with van der Waals surface area (Å²) in [4.78, 5) is 4.19. The zero-order valence-corrected chi connectivity index (χ0v) is 16.3. The average Bonchev–Trinajstić information content (AvgIpc) is 3.33. The Balaban J connectivity index is 1.74. The van der Waals surface area contributed by atoms with Gasteiger partial charge in [0.15, 0.2) is 6.39 Å². The van der Waals surface area contributed by atoms with Gasteiger partial charge in [-0.15, -0.1) is 0 Å². The fraction of sp³-hybridized carbons (Fsp3) is 0.286. The molecule has 1 aliphatic heterocycles. The number of benzene rings is 2. The quantitative estimate of drug-likeness (QED) is 0.642. The van der Waals surface area contributed by atoms with Crippen molar-refractivity contribution in [3.63, 3.8) is 0 Å². The van der Waals surface area contributed by atoms with Crippen molar-refractivity contribution >= 4 is 10.0 Å². The van der Waals surface area contributed by atoms with E-state index in [0.29, 0.717) is 25.0 Å². The molecule has 28 heavy (non-hydrogen) atoms. The van der Waals surface area contributed by atoms with E-state index in [9.17, 15) is 12.8 Å². The zero-order valence-electron chi connectivity index (χ0n) is 15.5. The van der Waals surface area contributed by atoms with Crippen molar-refractivity contribution in [1.82, 2.24) is 9.29 Å². The molecule has 0 N–H and O–H groups in total. The van der Waals surface area contributed by atoms with Gasteiger partial charge < -0.3 is 4.42 Å². The van der Waals surface area contributed by atoms with Crippen molar-refractivity contribution in [3.05, 3.63) is 83.8 Å². The van der Waals surface area contributed by atoms with E-state index in [4.69, 9.17) is 4.42 Å². The Hall–Kier alpha value is -2.51. The van der Waals surface area contributed by atoms with Crippen LogP contribution in [0.4, 0.5) is 4.39 Å². The number of nitrogens with zero attached hydrogens (tertiary/aromatic N) is 2. The molecule has 1 saturated heterocycles. The molecule has 2 heterocycles. The van der Waals surface area contributed by atoms with Crippen LogP contribution >= 0.6 is 0 Å². The zero-order chi connectivity index (χ0) is 19.7. The minimum atomic E-state index is -3.74. The van der Waals surface area contributed by atoms with Crippen molar-refractivity contribution in [1.29, 1.82) is 0 Å². The van der Waals surface area contributed by atoms with Crippen LogP contribution in [0.1, 0.15) is 35.8 Å². The average molecular weight is 400 g/mol. The largest absolute Gasteiger partial charge is 0.448 e. The van der Waals surface area contributed by atoms with E-state index in [-0.39, 0.29) is 22.8 Å². The van der Waals surface area contributed by atoms with Crippen molar-refractivity contribution in [2.45, 2.75) is 43.2 Å². The third kappa shape index (κ3) is 3.59. The summed E-state index contributed by atoms with van der Waals surface area (Å²) >= 11 is 0. The molecular weight excluding hydrogens is 379 g/mol. The number of sulfonamides is 1. The van der Waals surface area contributed by atoms with E-state index in [1.54, 1.807) is 46.9 Å². The van der Waals surface area contributed by atoms with Crippen LogP contribution < -0.4 is 0 Å². The maximum Gasteiger partial charge on any atom is 0.243 e. The van der Waals surface area contributed by atoms with E-state index in [0.717, 1.165) is 11.1 Å². The lowest BCUT2D eigenvalue weighted by molar-refractivity contribution is 0.311. The molecule has 1 aromatic heterocycles. The normalized spacial score (nSPS) is 20.5. The van der Waals surface area contributed by atoms with Gasteiger partial charge in [-0.1, -0.05) is 29.8 Å². The Labute approximate surface area is 163 Å². The lowest BCUT2D eigenvalue weighted by Gasteiger charge is -2.29. The van der Waals surface area contributed by atoms with Gasteiger partial charge >= 0.3 is 0 Å². The Morgan fingerprint density at radius 2 is 1.82 bits per heavy atom. The predicted octanol–water partition coefficient (Wildman–Crippen LogP) is 4.26. The second-order valence-electron chi connectivity index (χ2n) is 7.12. The molecular formula is C21H21FN2O3S. The molecule has 0 radical (unpaired) electrons. The van der Waals surface area contributed by atoms with Crippen LogP contribution in [0.2, 0.25) is 0 Å². The maximum absolute atomic E-state index is 13.5. The highest BCUT2D eigenvalue weighted by Gasteiger charge is 2.43. The first-order valence-electron chi connectivity index (χ1n) is 9.18. The molecule has 3 aromatic rings.